The number of hydrogen-bond acceptors (Lipinski definition) is 4. The number of nitro benzene ring substituents is 1. The number of hydrogen-bond donors (Lipinski definition) is 1. The monoisotopic (exact) mass is 228 g/mol. The van der Waals surface area contributed by atoms with Crippen molar-refractivity contribution in [3.63, 3.8) is 0 Å². The second-order valence-electron chi connectivity index (χ2n) is 2.78. The average molecular weight is 228 g/mol. The summed E-state index contributed by atoms with van der Waals surface area (Å²) in [4.78, 5) is 25.7. The van der Waals surface area contributed by atoms with Gasteiger partial charge in [-0.3, -0.25) is 19.7 Å². The Bertz CT molecular complexity index is 422. The normalized spacial score (nSPS) is 9.88. The molecule has 0 radical (unpaired) electrons. The van der Waals surface area contributed by atoms with Gasteiger partial charge in [-0.05, 0) is 19.1 Å². The number of amides is 1. The molecule has 1 rings (SSSR count). The molecule has 0 heterocycles. The summed E-state index contributed by atoms with van der Waals surface area (Å²) in [6, 6.07) is 2.68. The maximum absolute atomic E-state index is 12.8. The molecule has 1 N–H and O–H groups in total. The lowest BCUT2D eigenvalue weighted by atomic mass is 10.1. The molecule has 0 unspecified atom stereocenters. The minimum atomic E-state index is -0.829. The fraction of sp³-hybridized carbons (Fsp3) is 0.222. The molecule has 0 saturated carbocycles. The zero-order chi connectivity index (χ0) is 12.1. The fourth-order valence-electron chi connectivity index (χ4n) is 1.04. The summed E-state index contributed by atoms with van der Waals surface area (Å²) in [5.74, 6) is -1.56. The van der Waals surface area contributed by atoms with Crippen LogP contribution in [0.1, 0.15) is 17.3 Å². The number of halogens is 1. The molecule has 7 heteroatoms. The Morgan fingerprint density at radius 1 is 1.62 bits per heavy atom. The standard InChI is InChI=1S/C9H9FN2O4/c1-2-16-11-9(13)7-4-3-6(10)5-8(7)12(14)15/h3-5H,2H2,1H3,(H,11,13). The van der Waals surface area contributed by atoms with Gasteiger partial charge in [0.2, 0.25) is 0 Å². The number of rotatable bonds is 4. The van der Waals surface area contributed by atoms with Crippen molar-refractivity contribution < 1.29 is 18.9 Å². The van der Waals surface area contributed by atoms with E-state index >= 15 is 0 Å². The van der Waals surface area contributed by atoms with Gasteiger partial charge in [0.15, 0.2) is 0 Å². The summed E-state index contributed by atoms with van der Waals surface area (Å²) in [5.41, 5.74) is 1.15. The van der Waals surface area contributed by atoms with E-state index in [1.54, 1.807) is 6.92 Å². The molecule has 1 amide bonds. The lowest BCUT2D eigenvalue weighted by Gasteiger charge is -2.04. The molecule has 0 aliphatic heterocycles. The Morgan fingerprint density at radius 2 is 2.31 bits per heavy atom. The highest BCUT2D eigenvalue weighted by molar-refractivity contribution is 5.97. The van der Waals surface area contributed by atoms with Gasteiger partial charge in [-0.25, -0.2) is 9.87 Å². The van der Waals surface area contributed by atoms with Gasteiger partial charge in [-0.1, -0.05) is 0 Å². The molecular formula is C9H9FN2O4. The van der Waals surface area contributed by atoms with Crippen molar-refractivity contribution >= 4 is 11.6 Å². The minimum absolute atomic E-state index is 0.223. The number of nitro groups is 1. The third kappa shape index (κ3) is 2.74. The van der Waals surface area contributed by atoms with Crippen LogP contribution >= 0.6 is 0 Å². The molecule has 0 saturated heterocycles. The highest BCUT2D eigenvalue weighted by Crippen LogP contribution is 2.19. The van der Waals surface area contributed by atoms with E-state index < -0.39 is 22.3 Å². The van der Waals surface area contributed by atoms with E-state index in [4.69, 9.17) is 0 Å². The Labute approximate surface area is 90.1 Å². The third-order valence-electron chi connectivity index (χ3n) is 1.71. The van der Waals surface area contributed by atoms with Gasteiger partial charge < -0.3 is 0 Å². The molecule has 0 aromatic heterocycles. The SMILES string of the molecule is CCONC(=O)c1ccc(F)cc1[N+](=O)[O-]. The van der Waals surface area contributed by atoms with Gasteiger partial charge in [0, 0.05) is 0 Å². The number of carbonyl (C=O) groups excluding carboxylic acids is 1. The van der Waals surface area contributed by atoms with Crippen LogP contribution in [0.2, 0.25) is 0 Å². The molecule has 6 nitrogen and oxygen atoms in total. The van der Waals surface area contributed by atoms with E-state index in [1.807, 2.05) is 5.48 Å². The summed E-state index contributed by atoms with van der Waals surface area (Å²) >= 11 is 0. The van der Waals surface area contributed by atoms with Crippen LogP contribution in [0.4, 0.5) is 10.1 Å². The van der Waals surface area contributed by atoms with Crippen LogP contribution < -0.4 is 5.48 Å². The second-order valence-corrected chi connectivity index (χ2v) is 2.78. The molecule has 1 aromatic carbocycles. The lowest BCUT2D eigenvalue weighted by Crippen LogP contribution is -2.24. The van der Waals surface area contributed by atoms with Crippen LogP contribution in [0.3, 0.4) is 0 Å². The molecule has 0 fully saturated rings. The van der Waals surface area contributed by atoms with Crippen LogP contribution in [0.25, 0.3) is 0 Å². The van der Waals surface area contributed by atoms with E-state index in [1.165, 1.54) is 0 Å². The zero-order valence-electron chi connectivity index (χ0n) is 8.40. The maximum atomic E-state index is 12.8. The molecule has 0 atom stereocenters. The molecule has 86 valence electrons. The van der Waals surface area contributed by atoms with Crippen LogP contribution in [0.5, 0.6) is 0 Å². The highest BCUT2D eigenvalue weighted by atomic mass is 19.1. The van der Waals surface area contributed by atoms with Gasteiger partial charge >= 0.3 is 0 Å². The van der Waals surface area contributed by atoms with E-state index in [0.29, 0.717) is 6.07 Å². The molecule has 1 aromatic rings. The third-order valence-corrected chi connectivity index (χ3v) is 1.71. The number of nitrogens with zero attached hydrogens (tertiary/aromatic N) is 1. The molecule has 0 aliphatic rings. The first-order valence-electron chi connectivity index (χ1n) is 4.42. The largest absolute Gasteiger partial charge is 0.285 e. The first kappa shape index (κ1) is 12.1. The summed E-state index contributed by atoms with van der Waals surface area (Å²) in [6.45, 7) is 1.86. The summed E-state index contributed by atoms with van der Waals surface area (Å²) in [5, 5.41) is 10.6. The van der Waals surface area contributed by atoms with Crippen molar-refractivity contribution in [2.75, 3.05) is 6.61 Å². The Balaban J connectivity index is 3.03. The van der Waals surface area contributed by atoms with E-state index in [2.05, 4.69) is 4.84 Å². The first-order chi connectivity index (χ1) is 7.56. The zero-order valence-corrected chi connectivity index (χ0v) is 8.40. The van der Waals surface area contributed by atoms with Crippen LogP contribution in [0, 0.1) is 15.9 Å². The van der Waals surface area contributed by atoms with Crippen molar-refractivity contribution in [1.29, 1.82) is 0 Å². The fourth-order valence-corrected chi connectivity index (χ4v) is 1.04. The molecule has 0 aliphatic carbocycles. The Kier molecular flexibility index (Phi) is 3.90. The van der Waals surface area contributed by atoms with Crippen LogP contribution in [0.15, 0.2) is 18.2 Å². The summed E-state index contributed by atoms with van der Waals surface area (Å²) in [6.07, 6.45) is 0. The smallest absolute Gasteiger partial charge is 0.274 e. The highest BCUT2D eigenvalue weighted by Gasteiger charge is 2.20. The van der Waals surface area contributed by atoms with E-state index in [-0.39, 0.29) is 12.2 Å². The quantitative estimate of drug-likeness (QED) is 0.624. The predicted molar refractivity (Wildman–Crippen MR) is 52.1 cm³/mol. The maximum Gasteiger partial charge on any atom is 0.285 e. The summed E-state index contributed by atoms with van der Waals surface area (Å²) in [7, 11) is 0. The van der Waals surface area contributed by atoms with Crippen LogP contribution in [-0.4, -0.2) is 17.4 Å². The average Bonchev–Trinajstić information content (AvgIpc) is 2.25. The van der Waals surface area contributed by atoms with E-state index in [9.17, 15) is 19.3 Å². The second kappa shape index (κ2) is 5.17. The molecule has 0 spiro atoms. The topological polar surface area (TPSA) is 81.5 Å². The number of nitrogens with one attached hydrogen (secondary N) is 1. The van der Waals surface area contributed by atoms with Crippen LogP contribution in [-0.2, 0) is 4.84 Å². The first-order valence-corrected chi connectivity index (χ1v) is 4.42. The van der Waals surface area contributed by atoms with Crippen molar-refractivity contribution in [2.24, 2.45) is 0 Å². The van der Waals surface area contributed by atoms with Crippen molar-refractivity contribution in [3.05, 3.63) is 39.7 Å². The van der Waals surface area contributed by atoms with Gasteiger partial charge in [-0.15, -0.1) is 0 Å². The molecule has 16 heavy (non-hydrogen) atoms. The Morgan fingerprint density at radius 3 is 2.88 bits per heavy atom. The molecular weight excluding hydrogens is 219 g/mol. The lowest BCUT2D eigenvalue weighted by molar-refractivity contribution is -0.385. The molecule has 0 bridgehead atoms. The number of hydroxylamine groups is 1. The number of carbonyl (C=O) groups is 1. The van der Waals surface area contributed by atoms with E-state index in [0.717, 1.165) is 12.1 Å². The van der Waals surface area contributed by atoms with Gasteiger partial charge in [0.1, 0.15) is 11.4 Å². The van der Waals surface area contributed by atoms with Gasteiger partial charge in [0.05, 0.1) is 17.6 Å². The van der Waals surface area contributed by atoms with Crippen molar-refractivity contribution in [2.45, 2.75) is 6.92 Å². The number of benzene rings is 1. The Hall–Kier alpha value is -2.02. The van der Waals surface area contributed by atoms with Crippen molar-refractivity contribution in [1.82, 2.24) is 5.48 Å². The predicted octanol–water partition coefficient (Wildman–Crippen LogP) is 1.42. The minimum Gasteiger partial charge on any atom is -0.274 e. The summed E-state index contributed by atoms with van der Waals surface area (Å²) < 4.78 is 12.8. The van der Waals surface area contributed by atoms with Gasteiger partial charge in [-0.2, -0.15) is 0 Å². The van der Waals surface area contributed by atoms with Crippen molar-refractivity contribution in [3.8, 4) is 0 Å². The van der Waals surface area contributed by atoms with Gasteiger partial charge in [0.25, 0.3) is 11.6 Å².